The number of benzene rings is 1. The molecule has 1 rings (SSSR count). The van der Waals surface area contributed by atoms with Crippen LogP contribution in [0.3, 0.4) is 0 Å². The fourth-order valence-electron chi connectivity index (χ4n) is 2.05. The summed E-state index contributed by atoms with van der Waals surface area (Å²) in [6.07, 6.45) is 0.141. The molecule has 0 spiro atoms. The predicted octanol–water partition coefficient (Wildman–Crippen LogP) is 2.79. The number of Topliss-reactive ketones (excluding diaryl/α,β-unsaturated/α-hetero) is 1. The molecule has 0 aliphatic heterocycles. The second-order valence-electron chi connectivity index (χ2n) is 5.49. The molecule has 0 bridgehead atoms. The fourth-order valence-corrected chi connectivity index (χ4v) is 2.05. The maximum atomic E-state index is 14.3. The van der Waals surface area contributed by atoms with E-state index in [0.29, 0.717) is 17.8 Å². The van der Waals surface area contributed by atoms with Crippen LogP contribution in [0, 0.1) is 5.82 Å². The van der Waals surface area contributed by atoms with Gasteiger partial charge in [-0.1, -0.05) is 6.58 Å². The van der Waals surface area contributed by atoms with Crippen LogP contribution >= 0.6 is 0 Å². The van der Waals surface area contributed by atoms with Gasteiger partial charge in [-0.25, -0.2) is 4.39 Å². The van der Waals surface area contributed by atoms with Crippen molar-refractivity contribution >= 4 is 23.1 Å². The average molecular weight is 321 g/mol. The van der Waals surface area contributed by atoms with Gasteiger partial charge in [0.05, 0.1) is 12.2 Å². The van der Waals surface area contributed by atoms with E-state index in [1.165, 1.54) is 19.9 Å². The van der Waals surface area contributed by atoms with Crippen LogP contribution in [-0.2, 0) is 16.0 Å². The monoisotopic (exact) mass is 321 g/mol. The molecule has 126 valence electrons. The Labute approximate surface area is 136 Å². The van der Waals surface area contributed by atoms with Crippen LogP contribution in [0.4, 0.5) is 15.8 Å². The summed E-state index contributed by atoms with van der Waals surface area (Å²) in [5.41, 5.74) is 1.90. The highest BCUT2D eigenvalue weighted by Gasteiger charge is 2.14. The van der Waals surface area contributed by atoms with E-state index < -0.39 is 5.82 Å². The van der Waals surface area contributed by atoms with Gasteiger partial charge in [0.2, 0.25) is 5.91 Å². The number of hydrogen-bond acceptors (Lipinski definition) is 4. The number of carbonyl (C=O) groups is 2. The summed E-state index contributed by atoms with van der Waals surface area (Å²) in [6, 6.07) is 2.94. The Morgan fingerprint density at radius 3 is 2.48 bits per heavy atom. The lowest BCUT2D eigenvalue weighted by molar-refractivity contribution is -0.116. The van der Waals surface area contributed by atoms with Gasteiger partial charge in [0.25, 0.3) is 0 Å². The topological polar surface area (TPSA) is 61.4 Å². The highest BCUT2D eigenvalue weighted by Crippen LogP contribution is 2.28. The molecule has 6 heteroatoms. The highest BCUT2D eigenvalue weighted by atomic mass is 19.1. The Bertz CT molecular complexity index is 614. The second kappa shape index (κ2) is 8.31. The number of ketones is 1. The molecule has 1 aromatic rings. The highest BCUT2D eigenvalue weighted by molar-refractivity contribution is 5.93. The molecule has 0 fully saturated rings. The molecule has 23 heavy (non-hydrogen) atoms. The first-order valence-corrected chi connectivity index (χ1v) is 7.46. The largest absolute Gasteiger partial charge is 0.378 e. The van der Waals surface area contributed by atoms with Crippen molar-refractivity contribution in [2.45, 2.75) is 27.2 Å². The van der Waals surface area contributed by atoms with Gasteiger partial charge in [-0.15, -0.1) is 0 Å². The minimum absolute atomic E-state index is 0.0576. The van der Waals surface area contributed by atoms with Crippen LogP contribution in [0.25, 0.3) is 0 Å². The molecule has 2 N–H and O–H groups in total. The third-order valence-corrected chi connectivity index (χ3v) is 3.40. The molecule has 1 amide bonds. The Morgan fingerprint density at radius 2 is 1.96 bits per heavy atom. The van der Waals surface area contributed by atoms with Gasteiger partial charge < -0.3 is 15.5 Å². The first-order valence-electron chi connectivity index (χ1n) is 7.46. The van der Waals surface area contributed by atoms with Gasteiger partial charge in [-0.3, -0.25) is 9.59 Å². The van der Waals surface area contributed by atoms with Gasteiger partial charge in [-0.05, 0) is 31.5 Å². The van der Waals surface area contributed by atoms with Crippen LogP contribution in [0.15, 0.2) is 24.4 Å². The number of hydrogen-bond donors (Lipinski definition) is 2. The summed E-state index contributed by atoms with van der Waals surface area (Å²) in [5, 5.41) is 5.57. The van der Waals surface area contributed by atoms with Crippen molar-refractivity contribution in [3.8, 4) is 0 Å². The SMILES string of the molecule is C=C(CNc1cc(CC(C)=O)cc(F)c1NC(C)=O)N(C)CC. The van der Waals surface area contributed by atoms with Crippen molar-refractivity contribution in [3.63, 3.8) is 0 Å². The van der Waals surface area contributed by atoms with E-state index in [2.05, 4.69) is 17.2 Å². The first kappa shape index (κ1) is 18.7. The van der Waals surface area contributed by atoms with Gasteiger partial charge in [0.15, 0.2) is 0 Å². The Hall–Kier alpha value is -2.37. The van der Waals surface area contributed by atoms with E-state index in [4.69, 9.17) is 0 Å². The molecule has 0 unspecified atom stereocenters. The molecule has 0 saturated carbocycles. The lowest BCUT2D eigenvalue weighted by Gasteiger charge is -2.21. The lowest BCUT2D eigenvalue weighted by atomic mass is 10.1. The molecule has 0 aromatic heterocycles. The van der Waals surface area contributed by atoms with E-state index in [1.54, 1.807) is 6.07 Å². The van der Waals surface area contributed by atoms with E-state index in [9.17, 15) is 14.0 Å². The normalized spacial score (nSPS) is 10.1. The van der Waals surface area contributed by atoms with Crippen LogP contribution < -0.4 is 10.6 Å². The summed E-state index contributed by atoms with van der Waals surface area (Å²) in [4.78, 5) is 24.5. The minimum Gasteiger partial charge on any atom is -0.378 e. The Kier molecular flexibility index (Phi) is 6.75. The summed E-state index contributed by atoms with van der Waals surface area (Å²) < 4.78 is 14.3. The Balaban J connectivity index is 3.08. The summed E-state index contributed by atoms with van der Waals surface area (Å²) in [5.74, 6) is -0.996. The number of rotatable bonds is 8. The second-order valence-corrected chi connectivity index (χ2v) is 5.49. The van der Waals surface area contributed by atoms with Crippen molar-refractivity contribution in [2.24, 2.45) is 0 Å². The minimum atomic E-state index is -0.573. The maximum Gasteiger partial charge on any atom is 0.221 e. The molecule has 1 aromatic carbocycles. The van der Waals surface area contributed by atoms with Crippen molar-refractivity contribution in [3.05, 3.63) is 35.8 Å². The van der Waals surface area contributed by atoms with Gasteiger partial charge in [-0.2, -0.15) is 0 Å². The van der Waals surface area contributed by atoms with Gasteiger partial charge in [0.1, 0.15) is 17.3 Å². The van der Waals surface area contributed by atoms with Crippen molar-refractivity contribution in [1.29, 1.82) is 0 Å². The number of nitrogens with one attached hydrogen (secondary N) is 2. The summed E-state index contributed by atoms with van der Waals surface area (Å²) in [6.45, 7) is 9.92. The summed E-state index contributed by atoms with van der Waals surface area (Å²) >= 11 is 0. The number of carbonyl (C=O) groups excluding carboxylic acids is 2. The third kappa shape index (κ3) is 5.73. The summed E-state index contributed by atoms with van der Waals surface area (Å²) in [7, 11) is 1.91. The molecule has 0 heterocycles. The number of nitrogens with zero attached hydrogens (tertiary/aromatic N) is 1. The average Bonchev–Trinajstić information content (AvgIpc) is 2.45. The van der Waals surface area contributed by atoms with E-state index in [-0.39, 0.29) is 23.8 Å². The van der Waals surface area contributed by atoms with Crippen LogP contribution in [0.1, 0.15) is 26.3 Å². The van der Waals surface area contributed by atoms with E-state index in [0.717, 1.165) is 12.2 Å². The van der Waals surface area contributed by atoms with Crippen LogP contribution in [0.5, 0.6) is 0 Å². The molecule has 5 nitrogen and oxygen atoms in total. The molecule has 0 aliphatic carbocycles. The number of anilines is 2. The zero-order chi connectivity index (χ0) is 17.6. The van der Waals surface area contributed by atoms with E-state index in [1.807, 2.05) is 18.9 Å². The smallest absolute Gasteiger partial charge is 0.221 e. The van der Waals surface area contributed by atoms with Crippen LogP contribution in [-0.4, -0.2) is 36.7 Å². The standard InChI is InChI=1S/C17H24FN3O2/c1-6-21(5)11(2)10-19-16-9-14(7-12(3)22)8-15(18)17(16)20-13(4)23/h8-9,19H,2,6-7,10H2,1,3-5H3,(H,20,23). The van der Waals surface area contributed by atoms with Crippen molar-refractivity contribution < 1.29 is 14.0 Å². The number of amides is 1. The molecule has 0 atom stereocenters. The zero-order valence-electron chi connectivity index (χ0n) is 14.1. The number of likely N-dealkylation sites (N-methyl/N-ethyl adjacent to an activating group) is 1. The van der Waals surface area contributed by atoms with Gasteiger partial charge in [0, 0.05) is 32.6 Å². The quantitative estimate of drug-likeness (QED) is 0.773. The number of halogens is 1. The molecule has 0 saturated heterocycles. The Morgan fingerprint density at radius 1 is 1.30 bits per heavy atom. The van der Waals surface area contributed by atoms with E-state index >= 15 is 0 Å². The van der Waals surface area contributed by atoms with Crippen LogP contribution in [0.2, 0.25) is 0 Å². The lowest BCUT2D eigenvalue weighted by Crippen LogP contribution is -2.22. The third-order valence-electron chi connectivity index (χ3n) is 3.40. The zero-order valence-corrected chi connectivity index (χ0v) is 14.1. The van der Waals surface area contributed by atoms with Gasteiger partial charge >= 0.3 is 0 Å². The molecular formula is C17H24FN3O2. The fraction of sp³-hybridized carbons (Fsp3) is 0.412. The van der Waals surface area contributed by atoms with Crippen molar-refractivity contribution in [1.82, 2.24) is 4.90 Å². The van der Waals surface area contributed by atoms with Crippen molar-refractivity contribution in [2.75, 3.05) is 30.8 Å². The molecule has 0 aliphatic rings. The predicted molar refractivity (Wildman–Crippen MR) is 91.0 cm³/mol. The molecular weight excluding hydrogens is 297 g/mol. The molecule has 0 radical (unpaired) electrons. The first-order chi connectivity index (χ1) is 10.7. The maximum absolute atomic E-state index is 14.3.